The highest BCUT2D eigenvalue weighted by Gasteiger charge is 2.20. The predicted molar refractivity (Wildman–Crippen MR) is 153 cm³/mol. The molecule has 0 aliphatic heterocycles. The van der Waals surface area contributed by atoms with E-state index in [2.05, 4.69) is 25.9 Å². The van der Waals surface area contributed by atoms with E-state index in [9.17, 15) is 19.2 Å². The molecule has 41 heavy (non-hydrogen) atoms. The van der Waals surface area contributed by atoms with Crippen molar-refractivity contribution >= 4 is 29.5 Å². The van der Waals surface area contributed by atoms with Gasteiger partial charge in [-0.3, -0.25) is 29.3 Å². The summed E-state index contributed by atoms with van der Waals surface area (Å²) >= 11 is 0. The van der Waals surface area contributed by atoms with Crippen LogP contribution in [-0.2, 0) is 33.9 Å². The van der Waals surface area contributed by atoms with Crippen LogP contribution < -0.4 is 21.3 Å². The van der Waals surface area contributed by atoms with Crippen LogP contribution in [0.5, 0.6) is 0 Å². The minimum atomic E-state index is -1.32. The van der Waals surface area contributed by atoms with Gasteiger partial charge >= 0.3 is 6.09 Å². The molecule has 0 aliphatic rings. The molecule has 4 amide bonds. The van der Waals surface area contributed by atoms with Crippen molar-refractivity contribution < 1.29 is 24.3 Å². The van der Waals surface area contributed by atoms with E-state index in [4.69, 9.17) is 5.11 Å². The molecule has 216 valence electrons. The molecule has 12 nitrogen and oxygen atoms in total. The highest BCUT2D eigenvalue weighted by molar-refractivity contribution is 5.92. The molecule has 0 fully saturated rings. The van der Waals surface area contributed by atoms with Crippen LogP contribution in [0.1, 0.15) is 30.8 Å². The van der Waals surface area contributed by atoms with Crippen LogP contribution in [0.4, 0.5) is 10.5 Å². The Kier molecular flexibility index (Phi) is 11.7. The first-order chi connectivity index (χ1) is 19.7. The number of aromatic nitrogens is 2. The largest absolute Gasteiger partial charge is 0.465 e. The molecule has 2 aromatic heterocycles. The number of benzene rings is 1. The highest BCUT2D eigenvalue weighted by Crippen LogP contribution is 2.12. The molecule has 0 radical (unpaired) electrons. The molecule has 12 heteroatoms. The average Bonchev–Trinajstić information content (AvgIpc) is 2.94. The maximum absolute atomic E-state index is 12.9. The quantitative estimate of drug-likeness (QED) is 0.199. The molecule has 1 aromatic carbocycles. The Morgan fingerprint density at radius 2 is 1.39 bits per heavy atom. The predicted octanol–water partition coefficient (Wildman–Crippen LogP) is 1.94. The first kappa shape index (κ1) is 30.7. The van der Waals surface area contributed by atoms with Crippen LogP contribution in [0.2, 0.25) is 0 Å². The van der Waals surface area contributed by atoms with Gasteiger partial charge in [-0.05, 0) is 62.2 Å². The van der Waals surface area contributed by atoms with E-state index >= 15 is 0 Å². The molecule has 5 N–H and O–H groups in total. The number of hydrogen-bond donors (Lipinski definition) is 5. The lowest BCUT2D eigenvalue weighted by molar-refractivity contribution is -0.129. The lowest BCUT2D eigenvalue weighted by Crippen LogP contribution is -2.51. The van der Waals surface area contributed by atoms with Gasteiger partial charge in [-0.2, -0.15) is 0 Å². The Morgan fingerprint density at radius 3 is 1.93 bits per heavy atom. The number of anilines is 1. The summed E-state index contributed by atoms with van der Waals surface area (Å²) in [6.07, 6.45) is 2.67. The second-order valence-corrected chi connectivity index (χ2v) is 9.47. The van der Waals surface area contributed by atoms with Crippen LogP contribution in [0.25, 0.3) is 0 Å². The molecule has 0 aliphatic carbocycles. The van der Waals surface area contributed by atoms with E-state index in [1.54, 1.807) is 24.5 Å². The van der Waals surface area contributed by atoms with Crippen molar-refractivity contribution in [2.75, 3.05) is 18.4 Å². The van der Waals surface area contributed by atoms with Gasteiger partial charge in [-0.1, -0.05) is 24.3 Å². The standard InChI is InChI=1S/C29H35N7O5/c1-20(33-28(39)21(2)34-29(40)41)27(38)32-16-13-22-9-11-23(12-10-22)35-26(37)19-36(17-24-7-3-5-14-30-24)18-25-8-4-6-15-31-25/h3-12,14-15,20-21,34H,13,16-19H2,1-2H3,(H,32,38)(H,33,39)(H,35,37)(H,40,41). The Hall–Kier alpha value is -4.84. The number of nitrogens with zero attached hydrogens (tertiary/aromatic N) is 3. The number of carbonyl (C=O) groups is 4. The summed E-state index contributed by atoms with van der Waals surface area (Å²) < 4.78 is 0. The number of pyridine rings is 2. The smallest absolute Gasteiger partial charge is 0.405 e. The van der Waals surface area contributed by atoms with Crippen molar-refractivity contribution in [3.05, 3.63) is 90.0 Å². The molecular weight excluding hydrogens is 526 g/mol. The van der Waals surface area contributed by atoms with Gasteiger partial charge < -0.3 is 26.4 Å². The second-order valence-electron chi connectivity index (χ2n) is 9.47. The van der Waals surface area contributed by atoms with Gasteiger partial charge in [0.05, 0.1) is 17.9 Å². The van der Waals surface area contributed by atoms with Gasteiger partial charge in [0.15, 0.2) is 0 Å². The number of nitrogens with one attached hydrogen (secondary N) is 4. The van der Waals surface area contributed by atoms with Crippen molar-refractivity contribution in [2.45, 2.75) is 45.4 Å². The fraction of sp³-hybridized carbons (Fsp3) is 0.310. The fourth-order valence-electron chi connectivity index (χ4n) is 3.91. The lowest BCUT2D eigenvalue weighted by Gasteiger charge is -2.21. The summed E-state index contributed by atoms with van der Waals surface area (Å²) in [5, 5.41) is 18.9. The molecule has 3 rings (SSSR count). The highest BCUT2D eigenvalue weighted by atomic mass is 16.4. The number of rotatable bonds is 14. The Bertz CT molecular complexity index is 1250. The van der Waals surface area contributed by atoms with Gasteiger partial charge in [0.1, 0.15) is 12.1 Å². The third-order valence-electron chi connectivity index (χ3n) is 6.03. The maximum Gasteiger partial charge on any atom is 0.405 e. The fourth-order valence-corrected chi connectivity index (χ4v) is 3.91. The first-order valence-electron chi connectivity index (χ1n) is 13.2. The van der Waals surface area contributed by atoms with E-state index in [0.717, 1.165) is 17.0 Å². The third-order valence-corrected chi connectivity index (χ3v) is 6.03. The minimum absolute atomic E-state index is 0.154. The first-order valence-corrected chi connectivity index (χ1v) is 13.2. The molecule has 2 atom stereocenters. The normalized spacial score (nSPS) is 12.2. The van der Waals surface area contributed by atoms with E-state index in [-0.39, 0.29) is 18.4 Å². The van der Waals surface area contributed by atoms with Crippen LogP contribution in [0.15, 0.2) is 73.1 Å². The van der Waals surface area contributed by atoms with E-state index in [1.165, 1.54) is 13.8 Å². The zero-order valence-corrected chi connectivity index (χ0v) is 23.0. The summed E-state index contributed by atoms with van der Waals surface area (Å²) in [6.45, 7) is 4.39. The van der Waals surface area contributed by atoms with Crippen molar-refractivity contribution in [3.63, 3.8) is 0 Å². The van der Waals surface area contributed by atoms with E-state index in [0.29, 0.717) is 31.7 Å². The SMILES string of the molecule is CC(NC(=O)O)C(=O)NC(C)C(=O)NCCc1ccc(NC(=O)CN(Cc2ccccn2)Cc2ccccn2)cc1. The number of amides is 4. The molecule has 0 saturated heterocycles. The molecule has 3 aromatic rings. The van der Waals surface area contributed by atoms with Gasteiger partial charge in [0, 0.05) is 37.7 Å². The third kappa shape index (κ3) is 11.0. The van der Waals surface area contributed by atoms with Crippen molar-refractivity contribution in [1.29, 1.82) is 0 Å². The second kappa shape index (κ2) is 15.7. The van der Waals surface area contributed by atoms with Gasteiger partial charge in [0.25, 0.3) is 0 Å². The monoisotopic (exact) mass is 561 g/mol. The van der Waals surface area contributed by atoms with Crippen molar-refractivity contribution in [3.8, 4) is 0 Å². The molecule has 0 bridgehead atoms. The molecule has 0 spiro atoms. The van der Waals surface area contributed by atoms with Gasteiger partial charge in [-0.25, -0.2) is 4.79 Å². The zero-order valence-electron chi connectivity index (χ0n) is 23.0. The Morgan fingerprint density at radius 1 is 0.805 bits per heavy atom. The summed E-state index contributed by atoms with van der Waals surface area (Å²) in [5.41, 5.74) is 3.31. The summed E-state index contributed by atoms with van der Waals surface area (Å²) in [6, 6.07) is 16.9. The summed E-state index contributed by atoms with van der Waals surface area (Å²) in [7, 11) is 0. The van der Waals surface area contributed by atoms with Crippen LogP contribution in [-0.4, -0.2) is 69.0 Å². The Labute approximate surface area is 238 Å². The van der Waals surface area contributed by atoms with Crippen LogP contribution in [0.3, 0.4) is 0 Å². The summed E-state index contributed by atoms with van der Waals surface area (Å²) in [4.78, 5) is 58.5. The van der Waals surface area contributed by atoms with Crippen molar-refractivity contribution in [2.24, 2.45) is 0 Å². The van der Waals surface area contributed by atoms with Crippen molar-refractivity contribution in [1.82, 2.24) is 30.8 Å². The van der Waals surface area contributed by atoms with Crippen LogP contribution in [0, 0.1) is 0 Å². The van der Waals surface area contributed by atoms with Gasteiger partial charge in [0.2, 0.25) is 17.7 Å². The topological polar surface area (TPSA) is 166 Å². The van der Waals surface area contributed by atoms with Crippen LogP contribution >= 0.6 is 0 Å². The van der Waals surface area contributed by atoms with E-state index in [1.807, 2.05) is 58.7 Å². The van der Waals surface area contributed by atoms with Gasteiger partial charge in [-0.15, -0.1) is 0 Å². The lowest BCUT2D eigenvalue weighted by atomic mass is 10.1. The molecule has 2 heterocycles. The Balaban J connectivity index is 1.46. The molecular formula is C29H35N7O5. The molecule has 2 unspecified atom stereocenters. The molecule has 0 saturated carbocycles. The van der Waals surface area contributed by atoms with E-state index < -0.39 is 24.1 Å². The number of hydrogen-bond acceptors (Lipinski definition) is 7. The number of carboxylic acid groups (broad SMARTS) is 1. The number of carbonyl (C=O) groups excluding carboxylic acids is 3. The average molecular weight is 562 g/mol. The summed E-state index contributed by atoms with van der Waals surface area (Å²) in [5.74, 6) is -1.14. The maximum atomic E-state index is 12.9. The zero-order chi connectivity index (χ0) is 29.6. The minimum Gasteiger partial charge on any atom is -0.465 e.